The van der Waals surface area contributed by atoms with Gasteiger partial charge < -0.3 is 10.1 Å². The summed E-state index contributed by atoms with van der Waals surface area (Å²) in [5, 5.41) is 2.89. The minimum absolute atomic E-state index is 0.136. The molecule has 0 spiro atoms. The molecule has 2 aromatic rings. The van der Waals surface area contributed by atoms with Gasteiger partial charge in [-0.3, -0.25) is 4.79 Å². The smallest absolute Gasteiger partial charge is 0.244 e. The molecule has 1 unspecified atom stereocenters. The standard InChI is InChI=1S/C19H17BrFNO2/c1-12(14-3-6-18-15(10-14)8-9-24-18)22-19(23)7-4-13-2-5-16(20)11-17(13)21/h2-7,10-12H,8-9H2,1H3,(H,22,23)/b7-4+. The summed E-state index contributed by atoms with van der Waals surface area (Å²) in [6, 6.07) is 10.5. The van der Waals surface area contributed by atoms with Crippen LogP contribution in [0.3, 0.4) is 0 Å². The lowest BCUT2D eigenvalue weighted by Crippen LogP contribution is -2.24. The fourth-order valence-electron chi connectivity index (χ4n) is 2.62. The van der Waals surface area contributed by atoms with E-state index in [0.717, 1.165) is 17.7 Å². The molecule has 0 aliphatic carbocycles. The minimum Gasteiger partial charge on any atom is -0.493 e. The van der Waals surface area contributed by atoms with Crippen molar-refractivity contribution in [3.8, 4) is 5.75 Å². The van der Waals surface area contributed by atoms with Crippen molar-refractivity contribution in [2.24, 2.45) is 0 Å². The zero-order valence-corrected chi connectivity index (χ0v) is 14.8. The molecule has 0 radical (unpaired) electrons. The molecule has 24 heavy (non-hydrogen) atoms. The molecule has 0 aromatic heterocycles. The average molecular weight is 390 g/mol. The van der Waals surface area contributed by atoms with Gasteiger partial charge in [-0.2, -0.15) is 0 Å². The average Bonchev–Trinajstić information content (AvgIpc) is 3.01. The van der Waals surface area contributed by atoms with Gasteiger partial charge in [0, 0.05) is 22.5 Å². The van der Waals surface area contributed by atoms with Crippen molar-refractivity contribution >= 4 is 27.9 Å². The van der Waals surface area contributed by atoms with E-state index in [1.54, 1.807) is 12.1 Å². The van der Waals surface area contributed by atoms with Crippen LogP contribution in [0, 0.1) is 5.82 Å². The van der Waals surface area contributed by atoms with Crippen LogP contribution < -0.4 is 10.1 Å². The summed E-state index contributed by atoms with van der Waals surface area (Å²) >= 11 is 3.20. The lowest BCUT2D eigenvalue weighted by molar-refractivity contribution is -0.117. The maximum absolute atomic E-state index is 13.7. The summed E-state index contributed by atoms with van der Waals surface area (Å²) in [7, 11) is 0. The quantitative estimate of drug-likeness (QED) is 0.786. The van der Waals surface area contributed by atoms with Crippen LogP contribution in [0.1, 0.15) is 29.7 Å². The maximum atomic E-state index is 13.7. The van der Waals surface area contributed by atoms with Crippen molar-refractivity contribution in [1.29, 1.82) is 0 Å². The monoisotopic (exact) mass is 389 g/mol. The van der Waals surface area contributed by atoms with E-state index in [9.17, 15) is 9.18 Å². The highest BCUT2D eigenvalue weighted by Crippen LogP contribution is 2.28. The zero-order chi connectivity index (χ0) is 17.1. The third kappa shape index (κ3) is 3.85. The Balaban J connectivity index is 1.64. The molecule has 3 rings (SSSR count). The predicted molar refractivity (Wildman–Crippen MR) is 95.3 cm³/mol. The first-order chi connectivity index (χ1) is 11.5. The van der Waals surface area contributed by atoms with Crippen molar-refractivity contribution in [3.05, 3.63) is 69.5 Å². The summed E-state index contributed by atoms with van der Waals surface area (Å²) in [6.07, 6.45) is 3.71. The van der Waals surface area contributed by atoms with Crippen LogP contribution in [0.5, 0.6) is 5.75 Å². The second-order valence-corrected chi connectivity index (χ2v) is 6.61. The van der Waals surface area contributed by atoms with Gasteiger partial charge in [0.25, 0.3) is 0 Å². The van der Waals surface area contributed by atoms with E-state index in [4.69, 9.17) is 4.74 Å². The topological polar surface area (TPSA) is 38.3 Å². The number of rotatable bonds is 4. The molecule has 1 N–H and O–H groups in total. The Morgan fingerprint density at radius 1 is 1.33 bits per heavy atom. The van der Waals surface area contributed by atoms with Crippen LogP contribution in [0.4, 0.5) is 4.39 Å². The number of hydrogen-bond donors (Lipinski definition) is 1. The minimum atomic E-state index is -0.375. The Labute approximate surface area is 148 Å². The van der Waals surface area contributed by atoms with Crippen LogP contribution >= 0.6 is 15.9 Å². The molecule has 0 bridgehead atoms. The van der Waals surface area contributed by atoms with Gasteiger partial charge in [0.2, 0.25) is 5.91 Å². The van der Waals surface area contributed by atoms with E-state index in [2.05, 4.69) is 27.3 Å². The Morgan fingerprint density at radius 2 is 2.17 bits per heavy atom. The molecule has 0 saturated carbocycles. The SMILES string of the molecule is CC(NC(=O)/C=C/c1ccc(Br)cc1F)c1ccc2c(c1)CCO2. The molecule has 1 aliphatic heterocycles. The number of hydrogen-bond acceptors (Lipinski definition) is 2. The Kier molecular flexibility index (Phi) is 5.00. The van der Waals surface area contributed by atoms with E-state index in [1.165, 1.54) is 23.8 Å². The molecule has 1 amide bonds. The second kappa shape index (κ2) is 7.18. The van der Waals surface area contributed by atoms with Gasteiger partial charge in [0.1, 0.15) is 11.6 Å². The summed E-state index contributed by atoms with van der Waals surface area (Å²) in [6.45, 7) is 2.63. The molecule has 0 fully saturated rings. The lowest BCUT2D eigenvalue weighted by atomic mass is 10.0. The zero-order valence-electron chi connectivity index (χ0n) is 13.2. The van der Waals surface area contributed by atoms with E-state index >= 15 is 0 Å². The number of carbonyl (C=O) groups is 1. The number of benzene rings is 2. The van der Waals surface area contributed by atoms with Gasteiger partial charge in [0.05, 0.1) is 12.6 Å². The first kappa shape index (κ1) is 16.7. The highest BCUT2D eigenvalue weighted by Gasteiger charge is 2.15. The highest BCUT2D eigenvalue weighted by molar-refractivity contribution is 9.10. The fraction of sp³-hybridized carbons (Fsp3) is 0.211. The van der Waals surface area contributed by atoms with Crippen LogP contribution in [0.15, 0.2) is 46.9 Å². The van der Waals surface area contributed by atoms with Crippen LogP contribution in [0.2, 0.25) is 0 Å². The van der Waals surface area contributed by atoms with Gasteiger partial charge in [-0.05, 0) is 48.4 Å². The van der Waals surface area contributed by atoms with Gasteiger partial charge in [-0.25, -0.2) is 4.39 Å². The number of fused-ring (bicyclic) bond motifs is 1. The third-order valence-corrected chi connectivity index (χ3v) is 4.44. The number of ether oxygens (including phenoxy) is 1. The fourth-order valence-corrected chi connectivity index (χ4v) is 2.96. The molecular formula is C19H17BrFNO2. The summed E-state index contributed by atoms with van der Waals surface area (Å²) in [5.74, 6) is 0.282. The molecule has 3 nitrogen and oxygen atoms in total. The normalized spacial score (nSPS) is 14.3. The van der Waals surface area contributed by atoms with Crippen LogP contribution in [0.25, 0.3) is 6.08 Å². The van der Waals surface area contributed by atoms with Crippen LogP contribution in [-0.4, -0.2) is 12.5 Å². The van der Waals surface area contributed by atoms with Gasteiger partial charge >= 0.3 is 0 Å². The van der Waals surface area contributed by atoms with E-state index in [1.807, 2.05) is 19.1 Å². The van der Waals surface area contributed by atoms with Crippen molar-refractivity contribution in [3.63, 3.8) is 0 Å². The number of halogens is 2. The Bertz CT molecular complexity index is 804. The number of carbonyl (C=O) groups excluding carboxylic acids is 1. The van der Waals surface area contributed by atoms with Gasteiger partial charge in [-0.15, -0.1) is 0 Å². The first-order valence-electron chi connectivity index (χ1n) is 7.72. The molecule has 1 atom stereocenters. The van der Waals surface area contributed by atoms with E-state index < -0.39 is 0 Å². The molecule has 5 heteroatoms. The summed E-state index contributed by atoms with van der Waals surface area (Å²) in [5.41, 5.74) is 2.56. The summed E-state index contributed by atoms with van der Waals surface area (Å²) in [4.78, 5) is 12.1. The van der Waals surface area contributed by atoms with Crippen molar-refractivity contribution in [2.75, 3.05) is 6.61 Å². The predicted octanol–water partition coefficient (Wildman–Crippen LogP) is 4.41. The van der Waals surface area contributed by atoms with E-state index in [0.29, 0.717) is 16.6 Å². The second-order valence-electron chi connectivity index (χ2n) is 5.70. The van der Waals surface area contributed by atoms with Crippen LogP contribution in [-0.2, 0) is 11.2 Å². The highest BCUT2D eigenvalue weighted by atomic mass is 79.9. The van der Waals surface area contributed by atoms with Crippen molar-refractivity contribution < 1.29 is 13.9 Å². The molecule has 0 saturated heterocycles. The molecule has 2 aromatic carbocycles. The third-order valence-electron chi connectivity index (χ3n) is 3.95. The Morgan fingerprint density at radius 3 is 2.96 bits per heavy atom. The Hall–Kier alpha value is -2.14. The number of amides is 1. The van der Waals surface area contributed by atoms with Crippen molar-refractivity contribution in [1.82, 2.24) is 5.32 Å². The number of nitrogens with one attached hydrogen (secondary N) is 1. The van der Waals surface area contributed by atoms with E-state index in [-0.39, 0.29) is 17.8 Å². The first-order valence-corrected chi connectivity index (χ1v) is 8.51. The van der Waals surface area contributed by atoms with Gasteiger partial charge in [-0.1, -0.05) is 28.1 Å². The molecule has 1 heterocycles. The van der Waals surface area contributed by atoms with Gasteiger partial charge in [0.15, 0.2) is 0 Å². The largest absolute Gasteiger partial charge is 0.493 e. The van der Waals surface area contributed by atoms with Crippen molar-refractivity contribution in [2.45, 2.75) is 19.4 Å². The summed E-state index contributed by atoms with van der Waals surface area (Å²) < 4.78 is 19.9. The lowest BCUT2D eigenvalue weighted by Gasteiger charge is -2.14. The molecule has 124 valence electrons. The molecule has 1 aliphatic rings. The molecular weight excluding hydrogens is 373 g/mol. The maximum Gasteiger partial charge on any atom is 0.244 e.